The molecule has 8 heteroatoms. The van der Waals surface area contributed by atoms with E-state index in [4.69, 9.17) is 28.6 Å². The molecule has 1 aromatic heterocycles. The van der Waals surface area contributed by atoms with Crippen LogP contribution >= 0.6 is 23.8 Å². The van der Waals surface area contributed by atoms with Crippen LogP contribution in [-0.2, 0) is 11.3 Å². The number of ether oxygens (including phenoxy) is 1. The number of amides is 1. The molecule has 0 saturated heterocycles. The summed E-state index contributed by atoms with van der Waals surface area (Å²) in [6.45, 7) is 3.36. The van der Waals surface area contributed by atoms with Crippen molar-refractivity contribution in [2.24, 2.45) is 0 Å². The number of H-pyrrole nitrogens is 1. The first-order valence-corrected chi connectivity index (χ1v) is 10.1. The highest BCUT2D eigenvalue weighted by atomic mass is 35.5. The predicted molar refractivity (Wildman–Crippen MR) is 117 cm³/mol. The molecule has 0 aliphatic heterocycles. The Kier molecular flexibility index (Phi) is 7.06. The standard InChI is InChI=1S/C21H23ClN4O2S/c1-15-6-8-16(9-7-15)20-23-24-21(29)26(20)11-10-19(27)25(2)12-13-28-18-5-3-4-17(22)14-18/h3-9,14H,10-13H2,1-2H3,(H,24,29). The first-order chi connectivity index (χ1) is 13.9. The maximum atomic E-state index is 12.5. The van der Waals surface area contributed by atoms with Crippen LogP contribution in [-0.4, -0.2) is 45.8 Å². The van der Waals surface area contributed by atoms with Crippen molar-refractivity contribution in [2.45, 2.75) is 19.9 Å². The van der Waals surface area contributed by atoms with Gasteiger partial charge in [0.2, 0.25) is 5.91 Å². The van der Waals surface area contributed by atoms with Crippen molar-refractivity contribution in [1.82, 2.24) is 19.7 Å². The Bertz CT molecular complexity index is 1030. The number of nitrogens with one attached hydrogen (secondary N) is 1. The SMILES string of the molecule is Cc1ccc(-c2n[nH]c(=S)n2CCC(=O)N(C)CCOc2cccc(Cl)c2)cc1. The van der Waals surface area contributed by atoms with Crippen LogP contribution in [0.5, 0.6) is 5.75 Å². The van der Waals surface area contributed by atoms with E-state index in [9.17, 15) is 4.79 Å². The number of halogens is 1. The van der Waals surface area contributed by atoms with Gasteiger partial charge in [-0.25, -0.2) is 0 Å². The molecule has 2 aromatic carbocycles. The largest absolute Gasteiger partial charge is 0.492 e. The molecule has 0 aliphatic rings. The second-order valence-electron chi connectivity index (χ2n) is 6.74. The minimum atomic E-state index is 0.0117. The number of aromatic nitrogens is 3. The van der Waals surface area contributed by atoms with E-state index in [1.165, 1.54) is 5.56 Å². The highest BCUT2D eigenvalue weighted by Crippen LogP contribution is 2.19. The third-order valence-corrected chi connectivity index (χ3v) is 5.08. The van der Waals surface area contributed by atoms with Crippen molar-refractivity contribution in [3.63, 3.8) is 0 Å². The average molecular weight is 431 g/mol. The van der Waals surface area contributed by atoms with E-state index in [1.54, 1.807) is 24.1 Å². The molecule has 0 spiro atoms. The lowest BCUT2D eigenvalue weighted by molar-refractivity contribution is -0.130. The second-order valence-corrected chi connectivity index (χ2v) is 7.56. The number of aryl methyl sites for hydroxylation is 1. The molecular weight excluding hydrogens is 408 g/mol. The Balaban J connectivity index is 1.54. The van der Waals surface area contributed by atoms with Crippen LogP contribution in [0.15, 0.2) is 48.5 Å². The zero-order chi connectivity index (χ0) is 20.8. The maximum Gasteiger partial charge on any atom is 0.224 e. The lowest BCUT2D eigenvalue weighted by atomic mass is 10.1. The van der Waals surface area contributed by atoms with E-state index in [0.29, 0.717) is 41.7 Å². The van der Waals surface area contributed by atoms with Gasteiger partial charge in [-0.1, -0.05) is 47.5 Å². The normalized spacial score (nSPS) is 10.7. The lowest BCUT2D eigenvalue weighted by Gasteiger charge is -2.18. The number of hydrogen-bond acceptors (Lipinski definition) is 4. The zero-order valence-electron chi connectivity index (χ0n) is 16.4. The number of benzene rings is 2. The third-order valence-electron chi connectivity index (χ3n) is 4.53. The minimum Gasteiger partial charge on any atom is -0.492 e. The highest BCUT2D eigenvalue weighted by Gasteiger charge is 2.13. The van der Waals surface area contributed by atoms with E-state index in [2.05, 4.69) is 10.2 Å². The molecular formula is C21H23ClN4O2S. The number of carbonyl (C=O) groups excluding carboxylic acids is 1. The lowest BCUT2D eigenvalue weighted by Crippen LogP contribution is -2.31. The summed E-state index contributed by atoms with van der Waals surface area (Å²) in [4.78, 5) is 14.2. The van der Waals surface area contributed by atoms with Crippen molar-refractivity contribution in [3.8, 4) is 17.1 Å². The van der Waals surface area contributed by atoms with Crippen LogP contribution in [0, 0.1) is 11.7 Å². The topological polar surface area (TPSA) is 63.2 Å². The molecule has 0 fully saturated rings. The molecule has 152 valence electrons. The maximum absolute atomic E-state index is 12.5. The fourth-order valence-electron chi connectivity index (χ4n) is 2.83. The van der Waals surface area contributed by atoms with Crippen LogP contribution in [0.25, 0.3) is 11.4 Å². The van der Waals surface area contributed by atoms with Crippen LogP contribution in [0.2, 0.25) is 5.02 Å². The van der Waals surface area contributed by atoms with Gasteiger partial charge in [0, 0.05) is 30.6 Å². The third kappa shape index (κ3) is 5.68. The summed E-state index contributed by atoms with van der Waals surface area (Å²) >= 11 is 11.3. The molecule has 0 aliphatic carbocycles. The average Bonchev–Trinajstić information content (AvgIpc) is 3.07. The molecule has 3 aromatic rings. The van der Waals surface area contributed by atoms with Gasteiger partial charge in [-0.2, -0.15) is 5.10 Å². The molecule has 0 bridgehead atoms. The Hall–Kier alpha value is -2.64. The van der Waals surface area contributed by atoms with Gasteiger partial charge in [0.25, 0.3) is 0 Å². The Morgan fingerprint density at radius 1 is 1.28 bits per heavy atom. The number of hydrogen-bond donors (Lipinski definition) is 1. The molecule has 3 rings (SSSR count). The fraction of sp³-hybridized carbons (Fsp3) is 0.286. The molecule has 0 unspecified atom stereocenters. The quantitative estimate of drug-likeness (QED) is 0.534. The van der Waals surface area contributed by atoms with Gasteiger partial charge in [-0.15, -0.1) is 0 Å². The molecule has 1 amide bonds. The summed E-state index contributed by atoms with van der Waals surface area (Å²) in [5.41, 5.74) is 2.13. The molecule has 29 heavy (non-hydrogen) atoms. The van der Waals surface area contributed by atoms with Crippen molar-refractivity contribution in [2.75, 3.05) is 20.2 Å². The molecule has 0 saturated carbocycles. The van der Waals surface area contributed by atoms with Crippen LogP contribution in [0.4, 0.5) is 0 Å². The van der Waals surface area contributed by atoms with E-state index in [1.807, 2.05) is 47.9 Å². The van der Waals surface area contributed by atoms with Gasteiger partial charge in [-0.05, 0) is 37.3 Å². The van der Waals surface area contributed by atoms with Crippen LogP contribution in [0.1, 0.15) is 12.0 Å². The van der Waals surface area contributed by atoms with Gasteiger partial charge in [0.05, 0.1) is 6.54 Å². The fourth-order valence-corrected chi connectivity index (χ4v) is 3.23. The van der Waals surface area contributed by atoms with E-state index in [0.717, 1.165) is 11.4 Å². The number of nitrogens with zero attached hydrogens (tertiary/aromatic N) is 3. The van der Waals surface area contributed by atoms with Gasteiger partial charge in [-0.3, -0.25) is 14.5 Å². The Morgan fingerprint density at radius 3 is 2.76 bits per heavy atom. The Morgan fingerprint density at radius 2 is 2.03 bits per heavy atom. The number of carbonyl (C=O) groups is 1. The number of aromatic amines is 1. The molecule has 0 atom stereocenters. The van der Waals surface area contributed by atoms with Crippen LogP contribution < -0.4 is 4.74 Å². The van der Waals surface area contributed by atoms with E-state index < -0.39 is 0 Å². The summed E-state index contributed by atoms with van der Waals surface area (Å²) in [5.74, 6) is 1.43. The molecule has 0 radical (unpaired) electrons. The first kappa shape index (κ1) is 21.1. The van der Waals surface area contributed by atoms with Crippen molar-refractivity contribution >= 4 is 29.7 Å². The van der Waals surface area contributed by atoms with Crippen molar-refractivity contribution < 1.29 is 9.53 Å². The summed E-state index contributed by atoms with van der Waals surface area (Å²) < 4.78 is 8.00. The summed E-state index contributed by atoms with van der Waals surface area (Å²) in [6.07, 6.45) is 0.320. The van der Waals surface area contributed by atoms with E-state index in [-0.39, 0.29) is 5.91 Å². The van der Waals surface area contributed by atoms with Gasteiger partial charge >= 0.3 is 0 Å². The second kappa shape index (κ2) is 9.71. The highest BCUT2D eigenvalue weighted by molar-refractivity contribution is 7.71. The molecule has 1 heterocycles. The van der Waals surface area contributed by atoms with Crippen molar-refractivity contribution in [1.29, 1.82) is 0 Å². The van der Waals surface area contributed by atoms with E-state index >= 15 is 0 Å². The molecule has 1 N–H and O–H groups in total. The number of rotatable bonds is 8. The van der Waals surface area contributed by atoms with Crippen molar-refractivity contribution in [3.05, 3.63) is 63.9 Å². The van der Waals surface area contributed by atoms with Crippen LogP contribution in [0.3, 0.4) is 0 Å². The van der Waals surface area contributed by atoms with Gasteiger partial charge < -0.3 is 9.64 Å². The monoisotopic (exact) mass is 430 g/mol. The molecule has 6 nitrogen and oxygen atoms in total. The smallest absolute Gasteiger partial charge is 0.224 e. The number of likely N-dealkylation sites (N-methyl/N-ethyl adjacent to an activating group) is 1. The van der Waals surface area contributed by atoms with Gasteiger partial charge in [0.1, 0.15) is 12.4 Å². The minimum absolute atomic E-state index is 0.0117. The Labute approximate surface area is 180 Å². The summed E-state index contributed by atoms with van der Waals surface area (Å²) in [7, 11) is 1.76. The summed E-state index contributed by atoms with van der Waals surface area (Å²) in [5, 5.41) is 7.76. The zero-order valence-corrected chi connectivity index (χ0v) is 18.0. The van der Waals surface area contributed by atoms with Gasteiger partial charge in [0.15, 0.2) is 10.6 Å². The first-order valence-electron chi connectivity index (χ1n) is 9.28. The predicted octanol–water partition coefficient (Wildman–Crippen LogP) is 4.50. The summed E-state index contributed by atoms with van der Waals surface area (Å²) in [6, 6.07) is 15.2.